The number of hydrogen-bond donors (Lipinski definition) is 0. The van der Waals surface area contributed by atoms with E-state index >= 15 is 0 Å². The lowest BCUT2D eigenvalue weighted by atomic mass is 9.59. The molecule has 2 aliphatic rings. The van der Waals surface area contributed by atoms with E-state index in [1.165, 1.54) is 16.7 Å². The van der Waals surface area contributed by atoms with E-state index in [0.29, 0.717) is 0 Å². The van der Waals surface area contributed by atoms with Crippen LogP contribution in [-0.4, -0.2) is 17.3 Å². The largest absolute Gasteiger partial charge is 0.346 e. The highest BCUT2D eigenvalue weighted by atomic mass is 79.9. The van der Waals surface area contributed by atoms with Crippen LogP contribution in [0.1, 0.15) is 28.3 Å². The van der Waals surface area contributed by atoms with Crippen LogP contribution in [0.4, 0.5) is 0 Å². The van der Waals surface area contributed by atoms with Gasteiger partial charge in [0.25, 0.3) is 0 Å². The van der Waals surface area contributed by atoms with E-state index in [-0.39, 0.29) is 11.5 Å². The summed E-state index contributed by atoms with van der Waals surface area (Å²) >= 11 is 3.61. The molecule has 4 aromatic rings. The van der Waals surface area contributed by atoms with Crippen molar-refractivity contribution in [2.75, 3.05) is 6.54 Å². The molecule has 0 spiro atoms. The van der Waals surface area contributed by atoms with Gasteiger partial charge in [-0.15, -0.1) is 0 Å². The van der Waals surface area contributed by atoms with Crippen molar-refractivity contribution in [3.05, 3.63) is 148 Å². The second-order valence-electron chi connectivity index (χ2n) is 8.54. The summed E-state index contributed by atoms with van der Waals surface area (Å²) in [4.78, 5) is 7.77. The maximum absolute atomic E-state index is 5.31. The lowest BCUT2D eigenvalue weighted by molar-refractivity contribution is 0.183. The Hall–Kier alpha value is -3.43. The molecule has 1 atom stereocenters. The average Bonchev–Trinajstić information content (AvgIpc) is 2.88. The number of aliphatic imine (C=N–C) groups is 1. The molecular weight excluding hydrogens is 468 g/mol. The molecule has 4 aromatic carbocycles. The highest BCUT2D eigenvalue weighted by Crippen LogP contribution is 2.57. The summed E-state index contributed by atoms with van der Waals surface area (Å²) in [5, 5.41) is 0. The van der Waals surface area contributed by atoms with Gasteiger partial charge in [0.05, 0.1) is 11.7 Å². The predicted molar refractivity (Wildman–Crippen MR) is 139 cm³/mol. The molecule has 0 radical (unpaired) electrons. The van der Waals surface area contributed by atoms with Gasteiger partial charge in [-0.3, -0.25) is 0 Å². The first-order valence-corrected chi connectivity index (χ1v) is 12.1. The first-order valence-electron chi connectivity index (χ1n) is 11.3. The molecule has 0 aliphatic carbocycles. The van der Waals surface area contributed by atoms with E-state index < -0.39 is 0 Å². The Bertz CT molecular complexity index is 1290. The molecule has 0 N–H and O–H groups in total. The van der Waals surface area contributed by atoms with Crippen LogP contribution in [-0.2, 0) is 5.41 Å². The quantitative estimate of drug-likeness (QED) is 0.294. The number of nitrogens with zero attached hydrogens (tertiary/aromatic N) is 2. The zero-order chi connectivity index (χ0) is 22.3. The zero-order valence-corrected chi connectivity index (χ0v) is 19.7. The highest BCUT2D eigenvalue weighted by Gasteiger charge is 2.61. The smallest absolute Gasteiger partial charge is 0.123 e. The fourth-order valence-electron chi connectivity index (χ4n) is 5.34. The van der Waals surface area contributed by atoms with Crippen molar-refractivity contribution >= 4 is 27.5 Å². The number of fused-ring (bicyclic) bond motifs is 1. The Kier molecular flexibility index (Phi) is 5.00. The fraction of sp³-hybridized carbons (Fsp3) is 0.100. The standard InChI is InChI=1S/C30H23BrN2/c31-26-18-16-23(17-19-26)28-30(24-12-6-2-7-13-24,25-14-8-3-9-15-25)29-32-27(20-21-33(28)29)22-10-4-1-5-11-22/h1-20,28H,21H2. The van der Waals surface area contributed by atoms with E-state index in [2.05, 4.69) is 142 Å². The van der Waals surface area contributed by atoms with Crippen molar-refractivity contribution in [3.63, 3.8) is 0 Å². The van der Waals surface area contributed by atoms with Crippen molar-refractivity contribution in [1.29, 1.82) is 0 Å². The minimum atomic E-state index is -0.357. The lowest BCUT2D eigenvalue weighted by Gasteiger charge is -2.60. The van der Waals surface area contributed by atoms with Crippen LogP contribution in [0.3, 0.4) is 0 Å². The molecule has 160 valence electrons. The number of hydrogen-bond acceptors (Lipinski definition) is 2. The third-order valence-electron chi connectivity index (χ3n) is 6.77. The second-order valence-corrected chi connectivity index (χ2v) is 9.45. The molecule has 2 heterocycles. The van der Waals surface area contributed by atoms with E-state index in [1.807, 2.05) is 0 Å². The lowest BCUT2D eigenvalue weighted by Crippen LogP contribution is -2.67. The van der Waals surface area contributed by atoms with Gasteiger partial charge in [0.2, 0.25) is 0 Å². The van der Waals surface area contributed by atoms with E-state index in [1.54, 1.807) is 0 Å². The van der Waals surface area contributed by atoms with Crippen molar-refractivity contribution in [1.82, 2.24) is 4.90 Å². The molecule has 1 saturated heterocycles. The molecule has 0 bridgehead atoms. The number of amidine groups is 1. The summed E-state index contributed by atoms with van der Waals surface area (Å²) < 4.78 is 1.09. The first-order chi connectivity index (χ1) is 16.3. The summed E-state index contributed by atoms with van der Waals surface area (Å²) in [7, 11) is 0. The molecule has 1 unspecified atom stereocenters. The predicted octanol–water partition coefficient (Wildman–Crippen LogP) is 7.25. The Morgan fingerprint density at radius 2 is 1.24 bits per heavy atom. The molecule has 6 rings (SSSR count). The highest BCUT2D eigenvalue weighted by molar-refractivity contribution is 9.10. The molecule has 33 heavy (non-hydrogen) atoms. The Morgan fingerprint density at radius 3 is 1.82 bits per heavy atom. The minimum Gasteiger partial charge on any atom is -0.346 e. The molecule has 3 heteroatoms. The molecule has 0 amide bonds. The fourth-order valence-corrected chi connectivity index (χ4v) is 5.60. The zero-order valence-electron chi connectivity index (χ0n) is 18.1. The summed E-state index contributed by atoms with van der Waals surface area (Å²) in [6.07, 6.45) is 2.25. The van der Waals surface area contributed by atoms with Crippen molar-refractivity contribution in [2.24, 2.45) is 4.99 Å². The van der Waals surface area contributed by atoms with Crippen LogP contribution < -0.4 is 0 Å². The van der Waals surface area contributed by atoms with Crippen LogP contribution in [0, 0.1) is 0 Å². The van der Waals surface area contributed by atoms with Gasteiger partial charge in [0.1, 0.15) is 11.3 Å². The van der Waals surface area contributed by atoms with Gasteiger partial charge in [0.15, 0.2) is 0 Å². The van der Waals surface area contributed by atoms with Crippen LogP contribution in [0.15, 0.2) is 131 Å². The second kappa shape index (κ2) is 8.17. The monoisotopic (exact) mass is 490 g/mol. The molecular formula is C30H23BrN2. The Morgan fingerprint density at radius 1 is 0.697 bits per heavy atom. The van der Waals surface area contributed by atoms with Gasteiger partial charge in [-0.25, -0.2) is 4.99 Å². The van der Waals surface area contributed by atoms with Crippen LogP contribution in [0.2, 0.25) is 0 Å². The Labute approximate surface area is 203 Å². The third kappa shape index (κ3) is 3.19. The van der Waals surface area contributed by atoms with Crippen molar-refractivity contribution in [2.45, 2.75) is 11.5 Å². The molecule has 2 aliphatic heterocycles. The number of benzene rings is 4. The molecule has 0 aromatic heterocycles. The van der Waals surface area contributed by atoms with Crippen LogP contribution in [0.5, 0.6) is 0 Å². The average molecular weight is 491 g/mol. The normalized spacial score (nSPS) is 18.6. The SMILES string of the molecule is Brc1ccc(C2N3CC=C(c4ccccc4)N=C3C2(c2ccccc2)c2ccccc2)cc1. The van der Waals surface area contributed by atoms with Crippen molar-refractivity contribution < 1.29 is 0 Å². The summed E-state index contributed by atoms with van der Waals surface area (Å²) in [5.41, 5.74) is 5.69. The van der Waals surface area contributed by atoms with Crippen LogP contribution >= 0.6 is 15.9 Å². The molecule has 1 fully saturated rings. The van der Waals surface area contributed by atoms with Gasteiger partial charge < -0.3 is 4.90 Å². The minimum absolute atomic E-state index is 0.155. The van der Waals surface area contributed by atoms with Gasteiger partial charge in [0, 0.05) is 11.0 Å². The van der Waals surface area contributed by atoms with E-state index in [9.17, 15) is 0 Å². The van der Waals surface area contributed by atoms with Gasteiger partial charge in [-0.1, -0.05) is 119 Å². The maximum Gasteiger partial charge on any atom is 0.123 e. The summed E-state index contributed by atoms with van der Waals surface area (Å²) in [5.74, 6) is 1.12. The van der Waals surface area contributed by atoms with Gasteiger partial charge in [-0.2, -0.15) is 0 Å². The topological polar surface area (TPSA) is 15.6 Å². The van der Waals surface area contributed by atoms with E-state index in [0.717, 1.165) is 28.1 Å². The summed E-state index contributed by atoms with van der Waals surface area (Å²) in [6, 6.07) is 41.1. The number of halogens is 1. The number of rotatable bonds is 4. The summed E-state index contributed by atoms with van der Waals surface area (Å²) in [6.45, 7) is 0.839. The van der Waals surface area contributed by atoms with Crippen LogP contribution in [0.25, 0.3) is 5.70 Å². The molecule has 0 saturated carbocycles. The third-order valence-corrected chi connectivity index (χ3v) is 7.30. The van der Waals surface area contributed by atoms with E-state index in [4.69, 9.17) is 4.99 Å². The van der Waals surface area contributed by atoms with Gasteiger partial charge >= 0.3 is 0 Å². The first kappa shape index (κ1) is 20.2. The Balaban J connectivity index is 1.60. The van der Waals surface area contributed by atoms with Crippen molar-refractivity contribution in [3.8, 4) is 0 Å². The maximum atomic E-state index is 5.31. The molecule has 2 nitrogen and oxygen atoms in total. The van der Waals surface area contributed by atoms with Gasteiger partial charge in [-0.05, 0) is 40.5 Å².